The first-order valence-corrected chi connectivity index (χ1v) is 9.36. The Morgan fingerprint density at radius 1 is 1.39 bits per heavy atom. The van der Waals surface area contributed by atoms with Crippen molar-refractivity contribution in [2.45, 2.75) is 44.8 Å². The lowest BCUT2D eigenvalue weighted by atomic mass is 9.85. The molecule has 7 heteroatoms. The molecule has 0 radical (unpaired) electrons. The molecule has 2 N–H and O–H groups in total. The average Bonchev–Trinajstić information content (AvgIpc) is 2.66. The number of aromatic nitrogens is 1. The molecule has 1 unspecified atom stereocenters. The summed E-state index contributed by atoms with van der Waals surface area (Å²) in [6.07, 6.45) is -0.137. The molecule has 1 aromatic heterocycles. The van der Waals surface area contributed by atoms with E-state index in [1.807, 2.05) is 25.1 Å². The lowest BCUT2D eigenvalue weighted by Crippen LogP contribution is -2.33. The molecule has 1 aromatic carbocycles. The van der Waals surface area contributed by atoms with Crippen LogP contribution >= 0.6 is 0 Å². The van der Waals surface area contributed by atoms with Gasteiger partial charge >= 0.3 is 6.18 Å². The molecule has 1 heterocycles. The second-order valence-electron chi connectivity index (χ2n) is 7.23. The van der Waals surface area contributed by atoms with E-state index in [1.165, 1.54) is 6.20 Å². The van der Waals surface area contributed by atoms with E-state index in [0.717, 1.165) is 16.5 Å². The zero-order chi connectivity index (χ0) is 20.3. The molecule has 0 spiro atoms. The van der Waals surface area contributed by atoms with Crippen LogP contribution in [0.2, 0.25) is 0 Å². The third-order valence-electron chi connectivity index (χ3n) is 5.13. The number of carbonyl (C=O) groups is 1. The molecule has 0 aliphatic heterocycles. The monoisotopic (exact) mass is 392 g/mol. The first-order chi connectivity index (χ1) is 13.3. The number of hydrogen-bond acceptors (Lipinski definition) is 3. The van der Waals surface area contributed by atoms with Gasteiger partial charge in [-0.25, -0.2) is 0 Å². The van der Waals surface area contributed by atoms with Gasteiger partial charge in [-0.1, -0.05) is 24.3 Å². The number of nitrogens with zero attached hydrogens (tertiary/aromatic N) is 1. The van der Waals surface area contributed by atoms with Crippen LogP contribution in [0.15, 0.2) is 36.5 Å². The molecule has 2 atom stereocenters. The van der Waals surface area contributed by atoms with Gasteiger partial charge in [-0.05, 0) is 44.2 Å². The number of amides is 1. The maximum absolute atomic E-state index is 12.9. The SMILES string of the molecule is C[C@H](CCO)NC(=O)c1cnc2c(C3=CCC(C(F)(F)F)CC3)cccc2c1. The zero-order valence-electron chi connectivity index (χ0n) is 15.6. The van der Waals surface area contributed by atoms with Crippen molar-refractivity contribution in [1.29, 1.82) is 0 Å². The van der Waals surface area contributed by atoms with E-state index in [4.69, 9.17) is 5.11 Å². The molecule has 1 amide bonds. The van der Waals surface area contributed by atoms with Crippen LogP contribution in [-0.2, 0) is 0 Å². The number of aliphatic hydroxyl groups is 1. The van der Waals surface area contributed by atoms with Crippen LogP contribution < -0.4 is 5.32 Å². The maximum Gasteiger partial charge on any atom is 0.392 e. The van der Waals surface area contributed by atoms with Gasteiger partial charge in [-0.2, -0.15) is 13.2 Å². The molecule has 150 valence electrons. The molecule has 0 saturated carbocycles. The molecule has 3 rings (SSSR count). The largest absolute Gasteiger partial charge is 0.396 e. The second kappa shape index (κ2) is 8.31. The van der Waals surface area contributed by atoms with Gasteiger partial charge in [0.25, 0.3) is 5.91 Å². The number of aliphatic hydroxyl groups excluding tert-OH is 1. The fraction of sp³-hybridized carbons (Fsp3) is 0.429. The first kappa shape index (κ1) is 20.3. The van der Waals surface area contributed by atoms with Gasteiger partial charge in [0.05, 0.1) is 17.0 Å². The average molecular weight is 392 g/mol. The third kappa shape index (κ3) is 4.52. The van der Waals surface area contributed by atoms with Crippen molar-refractivity contribution < 1.29 is 23.1 Å². The summed E-state index contributed by atoms with van der Waals surface area (Å²) in [5, 5.41) is 12.5. The third-order valence-corrected chi connectivity index (χ3v) is 5.13. The van der Waals surface area contributed by atoms with Gasteiger partial charge in [-0.15, -0.1) is 0 Å². The van der Waals surface area contributed by atoms with Crippen molar-refractivity contribution in [3.05, 3.63) is 47.7 Å². The lowest BCUT2D eigenvalue weighted by Gasteiger charge is -2.24. The number of carbonyl (C=O) groups excluding carboxylic acids is 1. The van der Waals surface area contributed by atoms with Crippen LogP contribution in [0.1, 0.15) is 48.5 Å². The number of fused-ring (bicyclic) bond motifs is 1. The Balaban J connectivity index is 1.85. The Bertz CT molecular complexity index is 893. The zero-order valence-corrected chi connectivity index (χ0v) is 15.6. The summed E-state index contributed by atoms with van der Waals surface area (Å²) in [5.74, 6) is -1.55. The van der Waals surface area contributed by atoms with E-state index < -0.39 is 12.1 Å². The van der Waals surface area contributed by atoms with Crippen molar-refractivity contribution >= 4 is 22.4 Å². The Hall–Kier alpha value is -2.41. The molecule has 1 aliphatic carbocycles. The van der Waals surface area contributed by atoms with Crippen LogP contribution in [0.4, 0.5) is 13.2 Å². The predicted octanol–water partition coefficient (Wildman–Crippen LogP) is 4.48. The Morgan fingerprint density at radius 3 is 2.82 bits per heavy atom. The Morgan fingerprint density at radius 2 is 2.18 bits per heavy atom. The smallest absolute Gasteiger partial charge is 0.392 e. The topological polar surface area (TPSA) is 62.2 Å². The molecule has 4 nitrogen and oxygen atoms in total. The number of hydrogen-bond donors (Lipinski definition) is 2. The van der Waals surface area contributed by atoms with Crippen molar-refractivity contribution in [3.8, 4) is 0 Å². The minimum Gasteiger partial charge on any atom is -0.396 e. The van der Waals surface area contributed by atoms with E-state index in [2.05, 4.69) is 10.3 Å². The van der Waals surface area contributed by atoms with Crippen LogP contribution in [0.3, 0.4) is 0 Å². The van der Waals surface area contributed by atoms with Crippen LogP contribution in [-0.4, -0.2) is 34.8 Å². The van der Waals surface area contributed by atoms with E-state index in [-0.39, 0.29) is 31.4 Å². The highest BCUT2D eigenvalue weighted by atomic mass is 19.4. The lowest BCUT2D eigenvalue weighted by molar-refractivity contribution is -0.175. The standard InChI is InChI=1S/C21H23F3N2O2/c1-13(9-10-27)26-20(28)16-11-15-3-2-4-18(19(15)25-12-16)14-5-7-17(8-6-14)21(22,23)24/h2-5,11-13,17,27H,6-10H2,1H3,(H,26,28)/t13-,17?/m1/s1. The predicted molar refractivity (Wildman–Crippen MR) is 102 cm³/mol. The fourth-order valence-corrected chi connectivity index (χ4v) is 3.49. The van der Waals surface area contributed by atoms with Gasteiger partial charge in [0, 0.05) is 29.8 Å². The number of halogens is 3. The normalized spacial score (nSPS) is 18.6. The number of para-hydroxylation sites is 1. The van der Waals surface area contributed by atoms with Gasteiger partial charge in [0.15, 0.2) is 0 Å². The first-order valence-electron chi connectivity index (χ1n) is 9.36. The summed E-state index contributed by atoms with van der Waals surface area (Å²) in [7, 11) is 0. The summed E-state index contributed by atoms with van der Waals surface area (Å²) in [6.45, 7) is 1.80. The van der Waals surface area contributed by atoms with Crippen molar-refractivity contribution in [2.75, 3.05) is 6.61 Å². The Labute approximate surface area is 161 Å². The molecule has 0 bridgehead atoms. The van der Waals surface area contributed by atoms with Crippen LogP contribution in [0.5, 0.6) is 0 Å². The van der Waals surface area contributed by atoms with Crippen LogP contribution in [0.25, 0.3) is 16.5 Å². The highest BCUT2D eigenvalue weighted by molar-refractivity contribution is 5.99. The van der Waals surface area contributed by atoms with E-state index in [9.17, 15) is 18.0 Å². The summed E-state index contributed by atoms with van der Waals surface area (Å²) in [6, 6.07) is 7.09. The van der Waals surface area contributed by atoms with E-state index in [0.29, 0.717) is 23.9 Å². The molecule has 2 aromatic rings. The van der Waals surface area contributed by atoms with Crippen molar-refractivity contribution in [2.24, 2.45) is 5.92 Å². The number of allylic oxidation sites excluding steroid dienone is 2. The number of alkyl halides is 3. The molecule has 1 aliphatic rings. The Kier molecular flexibility index (Phi) is 6.03. The highest BCUT2D eigenvalue weighted by Gasteiger charge is 2.39. The molecular formula is C21H23F3N2O2. The quantitative estimate of drug-likeness (QED) is 0.789. The van der Waals surface area contributed by atoms with E-state index in [1.54, 1.807) is 12.1 Å². The molecular weight excluding hydrogens is 369 g/mol. The molecule has 0 saturated heterocycles. The molecule has 0 fully saturated rings. The second-order valence-corrected chi connectivity index (χ2v) is 7.23. The summed E-state index contributed by atoms with van der Waals surface area (Å²) in [5.41, 5.74) is 2.77. The van der Waals surface area contributed by atoms with Crippen molar-refractivity contribution in [1.82, 2.24) is 10.3 Å². The number of nitrogens with one attached hydrogen (secondary N) is 1. The van der Waals surface area contributed by atoms with Gasteiger partial charge in [-0.3, -0.25) is 9.78 Å². The van der Waals surface area contributed by atoms with E-state index >= 15 is 0 Å². The minimum absolute atomic E-state index is 0.00884. The summed E-state index contributed by atoms with van der Waals surface area (Å²) in [4.78, 5) is 16.8. The number of rotatable bonds is 5. The van der Waals surface area contributed by atoms with Gasteiger partial charge < -0.3 is 10.4 Å². The maximum atomic E-state index is 12.9. The number of pyridine rings is 1. The summed E-state index contributed by atoms with van der Waals surface area (Å²) >= 11 is 0. The highest BCUT2D eigenvalue weighted by Crippen LogP contribution is 2.40. The van der Waals surface area contributed by atoms with Crippen LogP contribution in [0, 0.1) is 5.92 Å². The summed E-state index contributed by atoms with van der Waals surface area (Å²) < 4.78 is 38.7. The minimum atomic E-state index is -4.16. The number of benzene rings is 1. The fourth-order valence-electron chi connectivity index (χ4n) is 3.49. The van der Waals surface area contributed by atoms with Gasteiger partial charge in [0.2, 0.25) is 0 Å². The molecule has 28 heavy (non-hydrogen) atoms. The van der Waals surface area contributed by atoms with Crippen molar-refractivity contribution in [3.63, 3.8) is 0 Å². The van der Waals surface area contributed by atoms with Gasteiger partial charge in [0.1, 0.15) is 0 Å².